The van der Waals surface area contributed by atoms with Gasteiger partial charge in [0.1, 0.15) is 0 Å². The monoisotopic (exact) mass is 314 g/mol. The lowest BCUT2D eigenvalue weighted by molar-refractivity contribution is 0.0491. The fraction of sp³-hybridized carbons (Fsp3) is 1.00. The molecule has 1 N–H and O–H groups in total. The zero-order valence-electron chi connectivity index (χ0n) is 14.3. The van der Waals surface area contributed by atoms with E-state index in [1.807, 2.05) is 6.26 Å². The number of rotatable bonds is 5. The lowest BCUT2D eigenvalue weighted by atomic mass is 9.82. The molecule has 1 saturated heterocycles. The van der Waals surface area contributed by atoms with Crippen molar-refractivity contribution in [1.82, 2.24) is 10.2 Å². The second-order valence-electron chi connectivity index (χ2n) is 7.51. The SMILES string of the molecule is CC(C)C1CNC(C2CCCCC2)CN1C(C)CS(C)=O. The summed E-state index contributed by atoms with van der Waals surface area (Å²) in [5.41, 5.74) is 0. The Hall–Kier alpha value is 0.0700. The van der Waals surface area contributed by atoms with Crippen molar-refractivity contribution in [2.24, 2.45) is 11.8 Å². The number of piperazine rings is 1. The summed E-state index contributed by atoms with van der Waals surface area (Å²) < 4.78 is 11.6. The second kappa shape index (κ2) is 8.07. The summed E-state index contributed by atoms with van der Waals surface area (Å²) in [4.78, 5) is 2.65. The zero-order chi connectivity index (χ0) is 15.4. The summed E-state index contributed by atoms with van der Waals surface area (Å²) >= 11 is 0. The Morgan fingerprint density at radius 1 is 1.19 bits per heavy atom. The van der Waals surface area contributed by atoms with Crippen LogP contribution in [0.25, 0.3) is 0 Å². The number of hydrogen-bond donors (Lipinski definition) is 1. The first-order valence-corrected chi connectivity index (χ1v) is 10.5. The number of hydrogen-bond acceptors (Lipinski definition) is 3. The average molecular weight is 315 g/mol. The molecule has 0 radical (unpaired) electrons. The summed E-state index contributed by atoms with van der Waals surface area (Å²) in [5, 5.41) is 3.84. The molecule has 0 aromatic carbocycles. The van der Waals surface area contributed by atoms with Gasteiger partial charge in [-0.2, -0.15) is 0 Å². The molecule has 1 saturated carbocycles. The molecule has 0 aromatic heterocycles. The first-order valence-electron chi connectivity index (χ1n) is 8.78. The van der Waals surface area contributed by atoms with E-state index in [1.54, 1.807) is 0 Å². The maximum Gasteiger partial charge on any atom is 0.0385 e. The van der Waals surface area contributed by atoms with E-state index in [0.717, 1.165) is 24.8 Å². The van der Waals surface area contributed by atoms with Crippen LogP contribution in [0.4, 0.5) is 0 Å². The van der Waals surface area contributed by atoms with Gasteiger partial charge in [-0.15, -0.1) is 0 Å². The highest BCUT2D eigenvalue weighted by Crippen LogP contribution is 2.30. The van der Waals surface area contributed by atoms with Crippen molar-refractivity contribution in [2.45, 2.75) is 71.0 Å². The van der Waals surface area contributed by atoms with E-state index in [-0.39, 0.29) is 0 Å². The van der Waals surface area contributed by atoms with Gasteiger partial charge in [-0.05, 0) is 31.6 Å². The molecule has 0 aromatic rings. The van der Waals surface area contributed by atoms with Crippen molar-refractivity contribution in [3.05, 3.63) is 0 Å². The third-order valence-electron chi connectivity index (χ3n) is 5.45. The Bertz CT molecular complexity index is 342. The van der Waals surface area contributed by atoms with Crippen LogP contribution in [0.3, 0.4) is 0 Å². The molecule has 4 heteroatoms. The van der Waals surface area contributed by atoms with E-state index in [0.29, 0.717) is 24.0 Å². The molecule has 4 atom stereocenters. The van der Waals surface area contributed by atoms with Crippen molar-refractivity contribution in [1.29, 1.82) is 0 Å². The number of nitrogens with one attached hydrogen (secondary N) is 1. The summed E-state index contributed by atoms with van der Waals surface area (Å²) in [5.74, 6) is 2.31. The van der Waals surface area contributed by atoms with E-state index >= 15 is 0 Å². The molecule has 0 amide bonds. The Kier molecular flexibility index (Phi) is 6.70. The van der Waals surface area contributed by atoms with Gasteiger partial charge in [-0.1, -0.05) is 33.1 Å². The van der Waals surface area contributed by atoms with E-state index < -0.39 is 10.8 Å². The van der Waals surface area contributed by atoms with E-state index in [2.05, 4.69) is 31.0 Å². The summed E-state index contributed by atoms with van der Waals surface area (Å²) in [6.45, 7) is 9.14. The molecule has 2 aliphatic rings. The van der Waals surface area contributed by atoms with Crippen molar-refractivity contribution in [3.8, 4) is 0 Å². The van der Waals surface area contributed by atoms with Crippen LogP contribution in [0.2, 0.25) is 0 Å². The van der Waals surface area contributed by atoms with Crippen LogP contribution in [0, 0.1) is 11.8 Å². The lowest BCUT2D eigenvalue weighted by Crippen LogP contribution is -2.63. The van der Waals surface area contributed by atoms with Crippen molar-refractivity contribution in [2.75, 3.05) is 25.1 Å². The van der Waals surface area contributed by atoms with Crippen LogP contribution in [-0.2, 0) is 10.8 Å². The Balaban J connectivity index is 2.02. The molecular formula is C17H34N2OS. The van der Waals surface area contributed by atoms with Crippen LogP contribution in [0.1, 0.15) is 52.9 Å². The lowest BCUT2D eigenvalue weighted by Gasteiger charge is -2.47. The van der Waals surface area contributed by atoms with Crippen molar-refractivity contribution >= 4 is 10.8 Å². The summed E-state index contributed by atoms with van der Waals surface area (Å²) in [6, 6.07) is 1.66. The average Bonchev–Trinajstić information content (AvgIpc) is 2.46. The Morgan fingerprint density at radius 3 is 2.43 bits per heavy atom. The smallest absolute Gasteiger partial charge is 0.0385 e. The predicted molar refractivity (Wildman–Crippen MR) is 92.1 cm³/mol. The highest BCUT2D eigenvalue weighted by molar-refractivity contribution is 7.84. The minimum atomic E-state index is -0.704. The first-order chi connectivity index (χ1) is 9.99. The van der Waals surface area contributed by atoms with Gasteiger partial charge in [-0.3, -0.25) is 9.11 Å². The molecule has 1 aliphatic carbocycles. The van der Waals surface area contributed by atoms with E-state index in [9.17, 15) is 4.21 Å². The molecule has 0 bridgehead atoms. The van der Waals surface area contributed by atoms with Gasteiger partial charge >= 0.3 is 0 Å². The minimum Gasteiger partial charge on any atom is -0.311 e. The maximum absolute atomic E-state index is 11.6. The van der Waals surface area contributed by atoms with Crippen LogP contribution >= 0.6 is 0 Å². The number of nitrogens with zero attached hydrogens (tertiary/aromatic N) is 1. The quantitative estimate of drug-likeness (QED) is 0.847. The maximum atomic E-state index is 11.6. The molecule has 3 nitrogen and oxygen atoms in total. The molecule has 1 heterocycles. The van der Waals surface area contributed by atoms with Gasteiger partial charge in [0, 0.05) is 54.0 Å². The van der Waals surface area contributed by atoms with Gasteiger partial charge in [0.25, 0.3) is 0 Å². The normalized spacial score (nSPS) is 32.2. The molecule has 124 valence electrons. The summed E-state index contributed by atoms with van der Waals surface area (Å²) in [6.07, 6.45) is 8.86. The minimum absolute atomic E-state index is 0.427. The van der Waals surface area contributed by atoms with Gasteiger partial charge < -0.3 is 5.32 Å². The van der Waals surface area contributed by atoms with Crippen LogP contribution in [0.5, 0.6) is 0 Å². The Labute approximate surface area is 133 Å². The van der Waals surface area contributed by atoms with Crippen LogP contribution < -0.4 is 5.32 Å². The van der Waals surface area contributed by atoms with Gasteiger partial charge in [0.15, 0.2) is 0 Å². The van der Waals surface area contributed by atoms with E-state index in [4.69, 9.17) is 0 Å². The molecule has 2 rings (SSSR count). The predicted octanol–water partition coefficient (Wildman–Crippen LogP) is 2.63. The highest BCUT2D eigenvalue weighted by Gasteiger charge is 2.36. The topological polar surface area (TPSA) is 32.3 Å². The van der Waals surface area contributed by atoms with Crippen LogP contribution in [0.15, 0.2) is 0 Å². The second-order valence-corrected chi connectivity index (χ2v) is 8.99. The largest absolute Gasteiger partial charge is 0.311 e. The zero-order valence-corrected chi connectivity index (χ0v) is 15.1. The summed E-state index contributed by atoms with van der Waals surface area (Å²) in [7, 11) is -0.704. The molecule has 4 unspecified atom stereocenters. The molecule has 1 aliphatic heterocycles. The first kappa shape index (κ1) is 17.4. The third-order valence-corrected chi connectivity index (χ3v) is 6.40. The highest BCUT2D eigenvalue weighted by atomic mass is 32.2. The van der Waals surface area contributed by atoms with Gasteiger partial charge in [-0.25, -0.2) is 0 Å². The Morgan fingerprint density at radius 2 is 1.86 bits per heavy atom. The fourth-order valence-electron chi connectivity index (χ4n) is 4.23. The molecule has 0 spiro atoms. The molecule has 2 fully saturated rings. The fourth-order valence-corrected chi connectivity index (χ4v) is 5.10. The van der Waals surface area contributed by atoms with Crippen molar-refractivity contribution in [3.63, 3.8) is 0 Å². The van der Waals surface area contributed by atoms with Crippen molar-refractivity contribution < 1.29 is 4.21 Å². The van der Waals surface area contributed by atoms with Gasteiger partial charge in [0.05, 0.1) is 0 Å². The van der Waals surface area contributed by atoms with Gasteiger partial charge in [0.2, 0.25) is 0 Å². The molecular weight excluding hydrogens is 280 g/mol. The molecule has 21 heavy (non-hydrogen) atoms. The standard InChI is InChI=1S/C17H34N2OS/c1-13(2)17-10-18-16(15-8-6-5-7-9-15)11-19(17)14(3)12-21(4)20/h13-18H,5-12H2,1-4H3. The third kappa shape index (κ3) is 4.77. The van der Waals surface area contributed by atoms with Crippen LogP contribution in [-0.4, -0.2) is 52.3 Å². The van der Waals surface area contributed by atoms with E-state index in [1.165, 1.54) is 32.1 Å².